The molecule has 0 atom stereocenters. The van der Waals surface area contributed by atoms with E-state index in [0.29, 0.717) is 22.8 Å². The van der Waals surface area contributed by atoms with Crippen LogP contribution in [0, 0.1) is 6.92 Å². The number of aromatic nitrogens is 2. The summed E-state index contributed by atoms with van der Waals surface area (Å²) in [6.07, 6.45) is 2.89. The maximum absolute atomic E-state index is 11.8. The Morgan fingerprint density at radius 2 is 2.25 bits per heavy atom. The van der Waals surface area contributed by atoms with E-state index < -0.39 is 0 Å². The van der Waals surface area contributed by atoms with E-state index in [1.54, 1.807) is 24.4 Å². The molecule has 5 nitrogen and oxygen atoms in total. The van der Waals surface area contributed by atoms with Gasteiger partial charge in [0.1, 0.15) is 0 Å². The van der Waals surface area contributed by atoms with E-state index in [2.05, 4.69) is 10.4 Å². The van der Waals surface area contributed by atoms with Crippen LogP contribution in [0.15, 0.2) is 30.5 Å². The third kappa shape index (κ3) is 3.74. The normalized spacial score (nSPS) is 10.5. The highest BCUT2D eigenvalue weighted by atomic mass is 35.5. The first-order valence-corrected chi connectivity index (χ1v) is 6.77. The molecule has 0 aliphatic rings. The second-order valence-corrected chi connectivity index (χ2v) is 4.99. The number of amides is 1. The highest BCUT2D eigenvalue weighted by Crippen LogP contribution is 2.24. The molecule has 1 aromatic carbocycles. The summed E-state index contributed by atoms with van der Waals surface area (Å²) >= 11 is 6.00. The number of carbonyl (C=O) groups excluding carboxylic acids is 1. The molecule has 6 heteroatoms. The maximum atomic E-state index is 11.8. The molecule has 0 aliphatic carbocycles. The first kappa shape index (κ1) is 14.4. The van der Waals surface area contributed by atoms with E-state index in [-0.39, 0.29) is 5.91 Å². The number of nitrogens with two attached hydrogens (primary N) is 1. The standard InChI is InChI=1S/C14H17ClN4O/c1-10-6-7-17-19(10)8-2-3-14(20)18-13-5-4-11(16)9-12(13)15/h4-7,9H,2-3,8,16H2,1H3,(H,18,20). The Morgan fingerprint density at radius 1 is 1.45 bits per heavy atom. The Balaban J connectivity index is 1.82. The average molecular weight is 293 g/mol. The second-order valence-electron chi connectivity index (χ2n) is 4.59. The highest BCUT2D eigenvalue weighted by Gasteiger charge is 2.06. The fourth-order valence-electron chi connectivity index (χ4n) is 1.87. The van der Waals surface area contributed by atoms with Gasteiger partial charge in [0.2, 0.25) is 5.91 Å². The van der Waals surface area contributed by atoms with Crippen LogP contribution in [-0.4, -0.2) is 15.7 Å². The number of halogens is 1. The minimum absolute atomic E-state index is 0.0681. The van der Waals surface area contributed by atoms with Crippen molar-refractivity contribution in [2.24, 2.45) is 0 Å². The van der Waals surface area contributed by atoms with E-state index in [0.717, 1.165) is 18.7 Å². The molecule has 0 saturated carbocycles. The Hall–Kier alpha value is -2.01. The molecule has 1 amide bonds. The average Bonchev–Trinajstić information content (AvgIpc) is 2.79. The number of nitrogen functional groups attached to an aromatic ring is 1. The molecule has 3 N–H and O–H groups in total. The third-order valence-corrected chi connectivity index (χ3v) is 3.28. The first-order chi connectivity index (χ1) is 9.56. The maximum Gasteiger partial charge on any atom is 0.224 e. The Bertz CT molecular complexity index is 609. The van der Waals surface area contributed by atoms with E-state index in [4.69, 9.17) is 17.3 Å². The van der Waals surface area contributed by atoms with Gasteiger partial charge in [-0.3, -0.25) is 9.48 Å². The first-order valence-electron chi connectivity index (χ1n) is 6.39. The van der Waals surface area contributed by atoms with Gasteiger partial charge in [0.05, 0.1) is 10.7 Å². The molecule has 0 unspecified atom stereocenters. The fourth-order valence-corrected chi connectivity index (χ4v) is 2.10. The van der Waals surface area contributed by atoms with Crippen molar-refractivity contribution in [1.29, 1.82) is 0 Å². The summed E-state index contributed by atoms with van der Waals surface area (Å²) in [6, 6.07) is 6.96. The lowest BCUT2D eigenvalue weighted by molar-refractivity contribution is -0.116. The summed E-state index contributed by atoms with van der Waals surface area (Å²) in [4.78, 5) is 11.8. The molecule has 106 valence electrons. The summed E-state index contributed by atoms with van der Waals surface area (Å²) in [7, 11) is 0. The lowest BCUT2D eigenvalue weighted by atomic mass is 10.2. The Kier molecular flexibility index (Phi) is 4.63. The van der Waals surface area contributed by atoms with Crippen LogP contribution in [0.1, 0.15) is 18.5 Å². The monoisotopic (exact) mass is 292 g/mol. The summed E-state index contributed by atoms with van der Waals surface area (Å²) in [5.74, 6) is -0.0681. The number of rotatable bonds is 5. The van der Waals surface area contributed by atoms with Gasteiger partial charge < -0.3 is 11.1 Å². The van der Waals surface area contributed by atoms with Crippen molar-refractivity contribution >= 4 is 28.9 Å². The predicted octanol–water partition coefficient (Wildman–Crippen LogP) is 2.85. The Morgan fingerprint density at radius 3 is 2.90 bits per heavy atom. The van der Waals surface area contributed by atoms with Crippen molar-refractivity contribution in [3.8, 4) is 0 Å². The van der Waals surface area contributed by atoms with Crippen molar-refractivity contribution < 1.29 is 4.79 Å². The number of carbonyl (C=O) groups is 1. The topological polar surface area (TPSA) is 72.9 Å². The second kappa shape index (κ2) is 6.43. The van der Waals surface area contributed by atoms with Crippen LogP contribution in [-0.2, 0) is 11.3 Å². The molecular weight excluding hydrogens is 276 g/mol. The molecule has 1 heterocycles. The minimum Gasteiger partial charge on any atom is -0.399 e. The lowest BCUT2D eigenvalue weighted by Gasteiger charge is -2.08. The number of benzene rings is 1. The zero-order chi connectivity index (χ0) is 14.5. The molecule has 0 bridgehead atoms. The molecule has 1 aromatic heterocycles. The molecule has 2 aromatic rings. The van der Waals surface area contributed by atoms with E-state index >= 15 is 0 Å². The van der Waals surface area contributed by atoms with Crippen LogP contribution >= 0.6 is 11.6 Å². The van der Waals surface area contributed by atoms with Gasteiger partial charge in [0.25, 0.3) is 0 Å². The number of nitrogens with zero attached hydrogens (tertiary/aromatic N) is 2. The minimum atomic E-state index is -0.0681. The summed E-state index contributed by atoms with van der Waals surface area (Å²) in [6.45, 7) is 2.71. The van der Waals surface area contributed by atoms with Crippen LogP contribution < -0.4 is 11.1 Å². The van der Waals surface area contributed by atoms with Gasteiger partial charge in [-0.1, -0.05) is 11.6 Å². The molecule has 0 fully saturated rings. The number of anilines is 2. The molecule has 0 spiro atoms. The van der Waals surface area contributed by atoms with Crippen LogP contribution in [0.25, 0.3) is 0 Å². The van der Waals surface area contributed by atoms with Gasteiger partial charge in [0, 0.05) is 30.5 Å². The summed E-state index contributed by atoms with van der Waals surface area (Å²) in [5.41, 5.74) is 7.85. The summed E-state index contributed by atoms with van der Waals surface area (Å²) < 4.78 is 1.88. The quantitative estimate of drug-likeness (QED) is 0.832. The van der Waals surface area contributed by atoms with Gasteiger partial charge in [-0.2, -0.15) is 5.10 Å². The lowest BCUT2D eigenvalue weighted by Crippen LogP contribution is -2.13. The van der Waals surface area contributed by atoms with Crippen molar-refractivity contribution in [2.45, 2.75) is 26.3 Å². The van der Waals surface area contributed by atoms with Crippen molar-refractivity contribution in [3.63, 3.8) is 0 Å². The van der Waals surface area contributed by atoms with Gasteiger partial charge >= 0.3 is 0 Å². The molecule has 0 radical (unpaired) electrons. The van der Waals surface area contributed by atoms with E-state index in [1.807, 2.05) is 17.7 Å². The van der Waals surface area contributed by atoms with Crippen molar-refractivity contribution in [3.05, 3.63) is 41.2 Å². The summed E-state index contributed by atoms with van der Waals surface area (Å²) in [5, 5.41) is 7.39. The number of aryl methyl sites for hydroxylation is 2. The van der Waals surface area contributed by atoms with Crippen LogP contribution in [0.3, 0.4) is 0 Å². The molecular formula is C14H17ClN4O. The third-order valence-electron chi connectivity index (χ3n) is 2.97. The predicted molar refractivity (Wildman–Crippen MR) is 80.7 cm³/mol. The number of hydrogen-bond acceptors (Lipinski definition) is 3. The fraction of sp³-hybridized carbons (Fsp3) is 0.286. The highest BCUT2D eigenvalue weighted by molar-refractivity contribution is 6.34. The zero-order valence-corrected chi connectivity index (χ0v) is 12.0. The van der Waals surface area contributed by atoms with Crippen molar-refractivity contribution in [1.82, 2.24) is 9.78 Å². The molecule has 20 heavy (non-hydrogen) atoms. The largest absolute Gasteiger partial charge is 0.399 e. The van der Waals surface area contributed by atoms with Gasteiger partial charge in [0.15, 0.2) is 0 Å². The zero-order valence-electron chi connectivity index (χ0n) is 11.3. The van der Waals surface area contributed by atoms with Crippen LogP contribution in [0.4, 0.5) is 11.4 Å². The smallest absolute Gasteiger partial charge is 0.224 e. The Labute approximate surface area is 122 Å². The molecule has 2 rings (SSSR count). The van der Waals surface area contributed by atoms with Crippen LogP contribution in [0.2, 0.25) is 5.02 Å². The van der Waals surface area contributed by atoms with Crippen molar-refractivity contribution in [2.75, 3.05) is 11.1 Å². The number of nitrogens with one attached hydrogen (secondary N) is 1. The van der Waals surface area contributed by atoms with Gasteiger partial charge in [-0.05, 0) is 37.6 Å². The molecule has 0 saturated heterocycles. The van der Waals surface area contributed by atoms with Crippen LogP contribution in [0.5, 0.6) is 0 Å². The molecule has 0 aliphatic heterocycles. The van der Waals surface area contributed by atoms with Gasteiger partial charge in [-0.25, -0.2) is 0 Å². The number of hydrogen-bond donors (Lipinski definition) is 2. The van der Waals surface area contributed by atoms with Gasteiger partial charge in [-0.15, -0.1) is 0 Å². The SMILES string of the molecule is Cc1ccnn1CCCC(=O)Nc1ccc(N)cc1Cl. The van der Waals surface area contributed by atoms with E-state index in [9.17, 15) is 4.79 Å². The van der Waals surface area contributed by atoms with E-state index in [1.165, 1.54) is 0 Å².